The van der Waals surface area contributed by atoms with Gasteiger partial charge >= 0.3 is 0 Å². The zero-order valence-electron chi connectivity index (χ0n) is 12.3. The van der Waals surface area contributed by atoms with Crippen LogP contribution in [0.4, 0.5) is 15.8 Å². The van der Waals surface area contributed by atoms with E-state index in [4.69, 9.17) is 10.5 Å². The lowest BCUT2D eigenvalue weighted by Crippen LogP contribution is -2.37. The molecule has 0 radical (unpaired) electrons. The Morgan fingerprint density at radius 1 is 1.52 bits per heavy atom. The van der Waals surface area contributed by atoms with Crippen LogP contribution >= 0.6 is 0 Å². The predicted octanol–water partition coefficient (Wildman–Crippen LogP) is 1.85. The summed E-state index contributed by atoms with van der Waals surface area (Å²) in [5.41, 5.74) is 5.99. The first-order chi connectivity index (χ1) is 10.0. The first-order valence-electron chi connectivity index (χ1n) is 7.19. The van der Waals surface area contributed by atoms with Crippen molar-refractivity contribution in [3.63, 3.8) is 0 Å². The van der Waals surface area contributed by atoms with Crippen molar-refractivity contribution in [3.05, 3.63) is 24.0 Å². The highest BCUT2D eigenvalue weighted by Crippen LogP contribution is 2.16. The van der Waals surface area contributed by atoms with Gasteiger partial charge in [-0.1, -0.05) is 0 Å². The van der Waals surface area contributed by atoms with Crippen LogP contribution in [0.3, 0.4) is 0 Å². The summed E-state index contributed by atoms with van der Waals surface area (Å²) >= 11 is 0. The number of nitrogen functional groups attached to an aromatic ring is 1. The van der Waals surface area contributed by atoms with Crippen molar-refractivity contribution in [2.75, 3.05) is 37.8 Å². The number of nitrogens with one attached hydrogen (secondary N) is 1. The van der Waals surface area contributed by atoms with Gasteiger partial charge in [-0.15, -0.1) is 0 Å². The van der Waals surface area contributed by atoms with Crippen LogP contribution in [-0.4, -0.2) is 43.7 Å². The molecule has 0 aliphatic carbocycles. The van der Waals surface area contributed by atoms with E-state index in [0.29, 0.717) is 5.69 Å². The Morgan fingerprint density at radius 2 is 2.33 bits per heavy atom. The van der Waals surface area contributed by atoms with Crippen molar-refractivity contribution in [3.8, 4) is 0 Å². The molecule has 21 heavy (non-hydrogen) atoms. The summed E-state index contributed by atoms with van der Waals surface area (Å²) in [6.45, 7) is 1.80. The molecular formula is C15H22FN3O2. The minimum Gasteiger partial charge on any atom is -0.396 e. The Morgan fingerprint density at radius 3 is 3.00 bits per heavy atom. The standard InChI is InChI=1S/C15H22FN3O2/c1-19(9-12-4-2-3-7-21-12)10-15(20)18-11-5-6-13(16)14(17)8-11/h5-6,8,12H,2-4,7,9-10,17H2,1H3,(H,18,20). The Kier molecular flexibility index (Phi) is 5.52. The van der Waals surface area contributed by atoms with Gasteiger partial charge in [0.2, 0.25) is 5.91 Å². The van der Waals surface area contributed by atoms with Crippen LogP contribution in [0.25, 0.3) is 0 Å². The van der Waals surface area contributed by atoms with Crippen LogP contribution in [0.1, 0.15) is 19.3 Å². The summed E-state index contributed by atoms with van der Waals surface area (Å²) in [6, 6.07) is 4.15. The van der Waals surface area contributed by atoms with Gasteiger partial charge < -0.3 is 15.8 Å². The van der Waals surface area contributed by atoms with Crippen molar-refractivity contribution in [1.82, 2.24) is 4.90 Å². The Labute approximate surface area is 124 Å². The van der Waals surface area contributed by atoms with Crippen molar-refractivity contribution in [2.24, 2.45) is 0 Å². The number of benzene rings is 1. The maximum atomic E-state index is 13.0. The van der Waals surface area contributed by atoms with E-state index in [0.717, 1.165) is 26.0 Å². The highest BCUT2D eigenvalue weighted by molar-refractivity contribution is 5.92. The fraction of sp³-hybridized carbons (Fsp3) is 0.533. The molecule has 6 heteroatoms. The molecule has 1 unspecified atom stereocenters. The number of carbonyl (C=O) groups excluding carboxylic acids is 1. The van der Waals surface area contributed by atoms with Gasteiger partial charge in [0.1, 0.15) is 5.82 Å². The van der Waals surface area contributed by atoms with Crippen LogP contribution in [0, 0.1) is 5.82 Å². The minimum atomic E-state index is -0.487. The summed E-state index contributed by atoms with van der Waals surface area (Å²) in [5, 5.41) is 2.71. The molecule has 1 amide bonds. The number of amides is 1. The number of anilines is 2. The molecule has 116 valence electrons. The van der Waals surface area contributed by atoms with Crippen molar-refractivity contribution in [1.29, 1.82) is 0 Å². The molecule has 0 aromatic heterocycles. The Bertz CT molecular complexity index is 490. The molecule has 0 bridgehead atoms. The third-order valence-electron chi connectivity index (χ3n) is 3.48. The highest BCUT2D eigenvalue weighted by Gasteiger charge is 2.17. The number of rotatable bonds is 5. The number of nitrogens with zero attached hydrogens (tertiary/aromatic N) is 1. The van der Waals surface area contributed by atoms with Gasteiger partial charge in [-0.25, -0.2) is 4.39 Å². The maximum Gasteiger partial charge on any atom is 0.238 e. The summed E-state index contributed by atoms with van der Waals surface area (Å²) in [7, 11) is 1.89. The molecule has 3 N–H and O–H groups in total. The van der Waals surface area contributed by atoms with Crippen LogP contribution in [-0.2, 0) is 9.53 Å². The highest BCUT2D eigenvalue weighted by atomic mass is 19.1. The van der Waals surface area contributed by atoms with E-state index < -0.39 is 5.82 Å². The van der Waals surface area contributed by atoms with Gasteiger partial charge in [0.05, 0.1) is 18.3 Å². The van der Waals surface area contributed by atoms with E-state index in [1.807, 2.05) is 11.9 Å². The van der Waals surface area contributed by atoms with E-state index in [-0.39, 0.29) is 24.2 Å². The van der Waals surface area contributed by atoms with E-state index >= 15 is 0 Å². The smallest absolute Gasteiger partial charge is 0.238 e. The number of hydrogen-bond donors (Lipinski definition) is 2. The molecule has 1 aromatic rings. The topological polar surface area (TPSA) is 67.6 Å². The van der Waals surface area contributed by atoms with E-state index in [1.165, 1.54) is 24.6 Å². The van der Waals surface area contributed by atoms with Gasteiger partial charge in [-0.05, 0) is 44.5 Å². The third-order valence-corrected chi connectivity index (χ3v) is 3.48. The summed E-state index contributed by atoms with van der Waals surface area (Å²) in [4.78, 5) is 13.9. The third kappa shape index (κ3) is 4.99. The summed E-state index contributed by atoms with van der Waals surface area (Å²) in [5.74, 6) is -0.640. The normalized spacial score (nSPS) is 18.7. The van der Waals surface area contributed by atoms with Gasteiger partial charge in [0.25, 0.3) is 0 Å². The molecule has 1 fully saturated rings. The van der Waals surface area contributed by atoms with Crippen LogP contribution in [0.15, 0.2) is 18.2 Å². The number of carbonyl (C=O) groups is 1. The first kappa shape index (κ1) is 15.7. The van der Waals surface area contributed by atoms with Crippen molar-refractivity contribution < 1.29 is 13.9 Å². The maximum absolute atomic E-state index is 13.0. The van der Waals surface area contributed by atoms with Gasteiger partial charge in [-0.2, -0.15) is 0 Å². The minimum absolute atomic E-state index is 0.0248. The number of nitrogens with two attached hydrogens (primary N) is 1. The average molecular weight is 295 g/mol. The Hall–Kier alpha value is -1.66. The molecule has 0 spiro atoms. The number of likely N-dealkylation sites (N-methyl/N-ethyl adjacent to an activating group) is 1. The second kappa shape index (κ2) is 7.38. The first-order valence-corrected chi connectivity index (χ1v) is 7.19. The lowest BCUT2D eigenvalue weighted by Gasteiger charge is -2.27. The predicted molar refractivity (Wildman–Crippen MR) is 80.5 cm³/mol. The lowest BCUT2D eigenvalue weighted by molar-refractivity contribution is -0.117. The Balaban J connectivity index is 1.78. The van der Waals surface area contributed by atoms with Gasteiger partial charge in [0.15, 0.2) is 0 Å². The SMILES string of the molecule is CN(CC(=O)Nc1ccc(F)c(N)c1)CC1CCCCO1. The fourth-order valence-corrected chi connectivity index (χ4v) is 2.43. The molecular weight excluding hydrogens is 273 g/mol. The summed E-state index contributed by atoms with van der Waals surface area (Å²) in [6.07, 6.45) is 3.55. The fourth-order valence-electron chi connectivity index (χ4n) is 2.43. The van der Waals surface area contributed by atoms with Crippen molar-refractivity contribution in [2.45, 2.75) is 25.4 Å². The molecule has 5 nitrogen and oxygen atoms in total. The molecule has 1 aromatic carbocycles. The lowest BCUT2D eigenvalue weighted by atomic mass is 10.1. The molecule has 2 rings (SSSR count). The van der Waals surface area contributed by atoms with E-state index in [2.05, 4.69) is 5.32 Å². The van der Waals surface area contributed by atoms with E-state index in [9.17, 15) is 9.18 Å². The zero-order valence-corrected chi connectivity index (χ0v) is 12.3. The molecule has 1 heterocycles. The largest absolute Gasteiger partial charge is 0.396 e. The summed E-state index contributed by atoms with van der Waals surface area (Å²) < 4.78 is 18.7. The molecule has 1 atom stereocenters. The van der Waals surface area contributed by atoms with E-state index in [1.54, 1.807) is 0 Å². The average Bonchev–Trinajstić information content (AvgIpc) is 2.43. The van der Waals surface area contributed by atoms with Crippen LogP contribution in [0.5, 0.6) is 0 Å². The quantitative estimate of drug-likeness (QED) is 0.814. The molecule has 1 saturated heterocycles. The van der Waals surface area contributed by atoms with Gasteiger partial charge in [-0.3, -0.25) is 9.69 Å². The van der Waals surface area contributed by atoms with Crippen molar-refractivity contribution >= 4 is 17.3 Å². The monoisotopic (exact) mass is 295 g/mol. The molecule has 0 saturated carbocycles. The van der Waals surface area contributed by atoms with Crippen LogP contribution < -0.4 is 11.1 Å². The second-order valence-corrected chi connectivity index (χ2v) is 5.47. The van der Waals surface area contributed by atoms with Gasteiger partial charge in [0, 0.05) is 18.8 Å². The molecule has 1 aliphatic rings. The second-order valence-electron chi connectivity index (χ2n) is 5.47. The molecule has 1 aliphatic heterocycles. The zero-order chi connectivity index (χ0) is 15.2. The number of hydrogen-bond acceptors (Lipinski definition) is 4. The number of halogens is 1. The van der Waals surface area contributed by atoms with Crippen LogP contribution in [0.2, 0.25) is 0 Å². The number of ether oxygens (including phenoxy) is 1.